The normalized spacial score (nSPS) is 16.9. The van der Waals surface area contributed by atoms with Gasteiger partial charge in [0.15, 0.2) is 0 Å². The average molecular weight is 328 g/mol. The van der Waals surface area contributed by atoms with Crippen LogP contribution in [-0.2, 0) is 10.0 Å². The van der Waals surface area contributed by atoms with Crippen molar-refractivity contribution in [1.29, 1.82) is 0 Å². The van der Waals surface area contributed by atoms with Gasteiger partial charge in [-0.2, -0.15) is 16.1 Å². The number of nitrogens with two attached hydrogens (primary N) is 1. The second kappa shape index (κ2) is 7.27. The van der Waals surface area contributed by atoms with Gasteiger partial charge in [0.05, 0.1) is 17.0 Å². The van der Waals surface area contributed by atoms with Gasteiger partial charge >= 0.3 is 0 Å². The second-order valence-corrected chi connectivity index (χ2v) is 7.68. The minimum Gasteiger partial charge on any atom is -0.320 e. The Balaban J connectivity index is 2.29. The highest BCUT2D eigenvalue weighted by molar-refractivity contribution is 7.99. The molecular weight excluding hydrogens is 311 g/mol. The molecule has 0 aliphatic carbocycles. The van der Waals surface area contributed by atoms with Crippen LogP contribution in [0.3, 0.4) is 0 Å². The fourth-order valence-electron chi connectivity index (χ4n) is 2.02. The molecule has 1 fully saturated rings. The van der Waals surface area contributed by atoms with Crippen LogP contribution in [0.25, 0.3) is 0 Å². The number of hydrogen-bond acceptors (Lipinski definition) is 4. The number of rotatable bonds is 2. The minimum absolute atomic E-state index is 0.0230. The molecule has 21 heavy (non-hydrogen) atoms. The SMILES string of the molecule is NCC#Cc1ccc(S(=O)(=O)N2CCCSCC2)cc1F. The van der Waals surface area contributed by atoms with E-state index in [0.717, 1.165) is 24.0 Å². The molecule has 114 valence electrons. The summed E-state index contributed by atoms with van der Waals surface area (Å²) in [4.78, 5) is -0.0230. The van der Waals surface area contributed by atoms with Crippen LogP contribution in [0.5, 0.6) is 0 Å². The van der Waals surface area contributed by atoms with E-state index in [1.54, 1.807) is 11.8 Å². The van der Waals surface area contributed by atoms with E-state index in [0.29, 0.717) is 13.1 Å². The van der Waals surface area contributed by atoms with E-state index in [1.165, 1.54) is 16.4 Å². The van der Waals surface area contributed by atoms with Gasteiger partial charge in [0.1, 0.15) is 5.82 Å². The highest BCUT2D eigenvalue weighted by Crippen LogP contribution is 2.21. The number of thioether (sulfide) groups is 1. The lowest BCUT2D eigenvalue weighted by molar-refractivity contribution is 0.434. The summed E-state index contributed by atoms with van der Waals surface area (Å²) in [6.07, 6.45) is 0.812. The van der Waals surface area contributed by atoms with Gasteiger partial charge in [-0.15, -0.1) is 0 Å². The van der Waals surface area contributed by atoms with E-state index in [9.17, 15) is 12.8 Å². The van der Waals surface area contributed by atoms with Crippen molar-refractivity contribution in [1.82, 2.24) is 4.31 Å². The summed E-state index contributed by atoms with van der Waals surface area (Å²) in [6.45, 7) is 1.07. The zero-order valence-electron chi connectivity index (χ0n) is 11.5. The monoisotopic (exact) mass is 328 g/mol. The van der Waals surface area contributed by atoms with Gasteiger partial charge in [-0.3, -0.25) is 0 Å². The first-order valence-corrected chi connectivity index (χ1v) is 9.21. The van der Waals surface area contributed by atoms with Gasteiger partial charge in [0.25, 0.3) is 0 Å². The van der Waals surface area contributed by atoms with Crippen molar-refractivity contribution in [3.05, 3.63) is 29.6 Å². The van der Waals surface area contributed by atoms with E-state index in [2.05, 4.69) is 11.8 Å². The zero-order valence-corrected chi connectivity index (χ0v) is 13.1. The number of benzene rings is 1. The Morgan fingerprint density at radius 2 is 2.14 bits per heavy atom. The maximum Gasteiger partial charge on any atom is 0.243 e. The molecule has 1 aromatic rings. The molecule has 0 bridgehead atoms. The molecule has 0 saturated carbocycles. The van der Waals surface area contributed by atoms with Gasteiger partial charge in [-0.25, -0.2) is 12.8 Å². The first-order valence-electron chi connectivity index (χ1n) is 6.62. The Morgan fingerprint density at radius 1 is 1.33 bits per heavy atom. The van der Waals surface area contributed by atoms with Crippen LogP contribution < -0.4 is 5.73 Å². The standard InChI is InChI=1S/C14H17FN2O2S2/c15-14-11-13(5-4-12(14)3-1-6-16)21(18,19)17-7-2-9-20-10-8-17/h4-5,11H,2,6-10,16H2. The van der Waals surface area contributed by atoms with Crippen molar-refractivity contribution < 1.29 is 12.8 Å². The Bertz CT molecular complexity index is 657. The molecule has 0 radical (unpaired) electrons. The lowest BCUT2D eigenvalue weighted by Crippen LogP contribution is -2.33. The molecule has 1 aromatic carbocycles. The van der Waals surface area contributed by atoms with Crippen LogP contribution in [0.4, 0.5) is 4.39 Å². The van der Waals surface area contributed by atoms with Crippen molar-refractivity contribution in [2.45, 2.75) is 11.3 Å². The van der Waals surface area contributed by atoms with Gasteiger partial charge in [-0.1, -0.05) is 11.8 Å². The quantitative estimate of drug-likeness (QED) is 0.830. The summed E-state index contributed by atoms with van der Waals surface area (Å²) in [7, 11) is -3.64. The molecule has 1 saturated heterocycles. The van der Waals surface area contributed by atoms with Crippen LogP contribution in [0, 0.1) is 17.7 Å². The van der Waals surface area contributed by atoms with Gasteiger partial charge in [0, 0.05) is 18.8 Å². The third-order valence-electron chi connectivity index (χ3n) is 3.08. The van der Waals surface area contributed by atoms with E-state index in [4.69, 9.17) is 5.73 Å². The van der Waals surface area contributed by atoms with Crippen LogP contribution in [-0.4, -0.2) is 43.9 Å². The summed E-state index contributed by atoms with van der Waals surface area (Å²) in [5.74, 6) is 6.21. The lowest BCUT2D eigenvalue weighted by atomic mass is 10.2. The Labute approximate surface area is 128 Å². The minimum atomic E-state index is -3.64. The van der Waals surface area contributed by atoms with Crippen molar-refractivity contribution in [2.24, 2.45) is 5.73 Å². The number of nitrogens with zero attached hydrogens (tertiary/aromatic N) is 1. The van der Waals surface area contributed by atoms with E-state index in [1.807, 2.05) is 0 Å². The highest BCUT2D eigenvalue weighted by atomic mass is 32.2. The first-order chi connectivity index (χ1) is 10.1. The molecule has 1 aliphatic heterocycles. The lowest BCUT2D eigenvalue weighted by Gasteiger charge is -2.19. The van der Waals surface area contributed by atoms with Gasteiger partial charge < -0.3 is 5.73 Å². The number of sulfonamides is 1. The topological polar surface area (TPSA) is 63.4 Å². The fourth-order valence-corrected chi connectivity index (χ4v) is 4.51. The Morgan fingerprint density at radius 3 is 2.86 bits per heavy atom. The number of hydrogen-bond donors (Lipinski definition) is 1. The van der Waals surface area contributed by atoms with Crippen molar-refractivity contribution in [2.75, 3.05) is 31.1 Å². The highest BCUT2D eigenvalue weighted by Gasteiger charge is 2.25. The van der Waals surface area contributed by atoms with Crippen molar-refractivity contribution in [3.8, 4) is 11.8 Å². The summed E-state index contributed by atoms with van der Waals surface area (Å²) < 4.78 is 40.4. The average Bonchev–Trinajstić information content (AvgIpc) is 2.75. The van der Waals surface area contributed by atoms with Crippen LogP contribution in [0.15, 0.2) is 23.1 Å². The van der Waals surface area contributed by atoms with E-state index in [-0.39, 0.29) is 17.0 Å². The van der Waals surface area contributed by atoms with Gasteiger partial charge in [0.2, 0.25) is 10.0 Å². The summed E-state index contributed by atoms with van der Waals surface area (Å²) in [5, 5.41) is 0. The molecule has 0 unspecified atom stereocenters. The van der Waals surface area contributed by atoms with E-state index >= 15 is 0 Å². The fraction of sp³-hybridized carbons (Fsp3) is 0.429. The van der Waals surface area contributed by atoms with Crippen LogP contribution in [0.2, 0.25) is 0 Å². The third-order valence-corrected chi connectivity index (χ3v) is 6.03. The van der Waals surface area contributed by atoms with Crippen LogP contribution >= 0.6 is 11.8 Å². The van der Waals surface area contributed by atoms with E-state index < -0.39 is 15.8 Å². The predicted octanol–water partition coefficient (Wildman–Crippen LogP) is 1.26. The second-order valence-electron chi connectivity index (χ2n) is 4.52. The number of halogens is 1. The Kier molecular flexibility index (Phi) is 5.65. The molecule has 2 N–H and O–H groups in total. The molecule has 4 nitrogen and oxygen atoms in total. The van der Waals surface area contributed by atoms with Gasteiger partial charge in [-0.05, 0) is 30.4 Å². The molecule has 2 rings (SSSR count). The zero-order chi connectivity index (χ0) is 15.3. The maximum atomic E-state index is 13.9. The predicted molar refractivity (Wildman–Crippen MR) is 83.0 cm³/mol. The Hall–Kier alpha value is -1.07. The molecule has 0 atom stereocenters. The maximum absolute atomic E-state index is 13.9. The first kappa shape index (κ1) is 16.3. The van der Waals surface area contributed by atoms with Crippen molar-refractivity contribution >= 4 is 21.8 Å². The molecular formula is C14H17FN2O2S2. The molecule has 0 spiro atoms. The summed E-state index contributed by atoms with van der Waals surface area (Å²) >= 11 is 1.74. The smallest absolute Gasteiger partial charge is 0.243 e. The molecule has 0 amide bonds. The van der Waals surface area contributed by atoms with Crippen LogP contribution in [0.1, 0.15) is 12.0 Å². The summed E-state index contributed by atoms with van der Waals surface area (Å²) in [6, 6.07) is 3.82. The third kappa shape index (κ3) is 3.98. The molecule has 0 aromatic heterocycles. The molecule has 1 heterocycles. The molecule has 1 aliphatic rings. The molecule has 7 heteroatoms. The summed E-state index contributed by atoms with van der Waals surface area (Å²) in [5.41, 5.74) is 5.40. The van der Waals surface area contributed by atoms with Crippen molar-refractivity contribution in [3.63, 3.8) is 0 Å². The largest absolute Gasteiger partial charge is 0.320 e.